The van der Waals surface area contributed by atoms with E-state index < -0.39 is 0 Å². The Morgan fingerprint density at radius 3 is 2.70 bits per heavy atom. The summed E-state index contributed by atoms with van der Waals surface area (Å²) in [5.74, 6) is 1.93. The van der Waals surface area contributed by atoms with Crippen molar-refractivity contribution < 1.29 is 14.3 Å². The second-order valence-corrected chi connectivity index (χ2v) is 8.13. The van der Waals surface area contributed by atoms with Crippen molar-refractivity contribution in [1.29, 1.82) is 0 Å². The van der Waals surface area contributed by atoms with Crippen LogP contribution in [-0.4, -0.2) is 53.8 Å². The molecule has 0 radical (unpaired) electrons. The number of anilines is 3. The minimum atomic E-state index is -0.222. The van der Waals surface area contributed by atoms with Crippen LogP contribution in [0.2, 0.25) is 0 Å². The molecule has 4 heterocycles. The maximum atomic E-state index is 12.0. The first-order valence-electron chi connectivity index (χ1n) is 11.4. The maximum absolute atomic E-state index is 12.0. The normalized spacial score (nSPS) is 15.4. The van der Waals surface area contributed by atoms with Crippen molar-refractivity contribution in [1.82, 2.24) is 15.0 Å². The summed E-state index contributed by atoms with van der Waals surface area (Å²) in [6, 6.07) is 11.6. The van der Waals surface area contributed by atoms with E-state index in [9.17, 15) is 4.79 Å². The van der Waals surface area contributed by atoms with Gasteiger partial charge in [0.2, 0.25) is 5.95 Å². The number of aromatic nitrogens is 3. The van der Waals surface area contributed by atoms with Crippen LogP contribution in [0.25, 0.3) is 11.3 Å². The fourth-order valence-electron chi connectivity index (χ4n) is 4.26. The first kappa shape index (κ1) is 21.3. The summed E-state index contributed by atoms with van der Waals surface area (Å²) in [7, 11) is 0. The average Bonchev–Trinajstić information content (AvgIpc) is 3.29. The van der Waals surface area contributed by atoms with E-state index in [1.54, 1.807) is 12.4 Å². The number of rotatable bonds is 6. The number of pyridine rings is 1. The molecule has 1 aromatic carbocycles. The molecule has 1 fully saturated rings. The zero-order chi connectivity index (χ0) is 22.6. The zero-order valence-electron chi connectivity index (χ0n) is 18.7. The first-order valence-corrected chi connectivity index (χ1v) is 11.4. The Morgan fingerprint density at radius 1 is 1.09 bits per heavy atom. The van der Waals surface area contributed by atoms with Crippen LogP contribution in [-0.2, 0) is 16.0 Å². The van der Waals surface area contributed by atoms with Gasteiger partial charge in [-0.3, -0.25) is 9.78 Å². The van der Waals surface area contributed by atoms with Gasteiger partial charge in [0, 0.05) is 55.3 Å². The van der Waals surface area contributed by atoms with Crippen LogP contribution in [0.15, 0.2) is 48.8 Å². The highest BCUT2D eigenvalue weighted by atomic mass is 16.5. The van der Waals surface area contributed by atoms with Gasteiger partial charge in [0.05, 0.1) is 18.9 Å². The number of hydrogen-bond acceptors (Lipinski definition) is 8. The van der Waals surface area contributed by atoms with Gasteiger partial charge in [-0.1, -0.05) is 19.1 Å². The average molecular weight is 446 g/mol. The number of carbonyl (C=O) groups is 1. The van der Waals surface area contributed by atoms with Gasteiger partial charge in [0.15, 0.2) is 0 Å². The molecular formula is C25H27N5O3. The Hall–Kier alpha value is -3.52. The minimum absolute atomic E-state index is 0.222. The lowest BCUT2D eigenvalue weighted by molar-refractivity contribution is -0.134. The van der Waals surface area contributed by atoms with Gasteiger partial charge in [0.1, 0.15) is 11.6 Å². The molecule has 0 N–H and O–H groups in total. The topological polar surface area (TPSA) is 80.7 Å². The summed E-state index contributed by atoms with van der Waals surface area (Å²) in [5.41, 5.74) is 3.96. The zero-order valence-corrected chi connectivity index (χ0v) is 18.7. The van der Waals surface area contributed by atoms with Gasteiger partial charge in [-0.2, -0.15) is 4.98 Å². The highest BCUT2D eigenvalue weighted by Crippen LogP contribution is 2.39. The van der Waals surface area contributed by atoms with E-state index in [0.29, 0.717) is 31.3 Å². The molecule has 0 spiro atoms. The largest absolute Gasteiger partial charge is 0.427 e. The molecule has 0 amide bonds. The van der Waals surface area contributed by atoms with E-state index in [-0.39, 0.29) is 5.97 Å². The molecule has 8 nitrogen and oxygen atoms in total. The van der Waals surface area contributed by atoms with Crippen LogP contribution < -0.4 is 14.5 Å². The Kier molecular flexibility index (Phi) is 6.17. The number of benzene rings is 1. The summed E-state index contributed by atoms with van der Waals surface area (Å²) in [6.07, 6.45) is 5.58. The number of nitrogens with zero attached hydrogens (tertiary/aromatic N) is 5. The molecule has 3 aromatic rings. The molecule has 5 rings (SSSR count). The highest BCUT2D eigenvalue weighted by Gasteiger charge is 2.29. The predicted molar refractivity (Wildman–Crippen MR) is 126 cm³/mol. The van der Waals surface area contributed by atoms with E-state index in [0.717, 1.165) is 60.8 Å². The molecule has 2 aliphatic rings. The lowest BCUT2D eigenvalue weighted by Crippen LogP contribution is -2.37. The molecule has 0 bridgehead atoms. The molecule has 8 heteroatoms. The lowest BCUT2D eigenvalue weighted by Gasteiger charge is -2.28. The van der Waals surface area contributed by atoms with Gasteiger partial charge in [-0.15, -0.1) is 0 Å². The van der Waals surface area contributed by atoms with E-state index >= 15 is 0 Å². The lowest BCUT2D eigenvalue weighted by atomic mass is 10.1. The number of fused-ring (bicyclic) bond motifs is 1. The number of ether oxygens (including phenoxy) is 2. The van der Waals surface area contributed by atoms with Gasteiger partial charge >= 0.3 is 5.97 Å². The monoisotopic (exact) mass is 445 g/mol. The van der Waals surface area contributed by atoms with Gasteiger partial charge < -0.3 is 19.3 Å². The third-order valence-electron chi connectivity index (χ3n) is 5.88. The SMILES string of the molecule is CCCC(=O)Oc1cccc(-c2nc(N3CCOCC3)nc3c2CCN3c2ccncc2)c1. The maximum Gasteiger partial charge on any atom is 0.311 e. The number of hydrogen-bond donors (Lipinski definition) is 0. The Labute approximate surface area is 193 Å². The van der Waals surface area contributed by atoms with Crippen LogP contribution >= 0.6 is 0 Å². The molecule has 0 aliphatic carbocycles. The van der Waals surface area contributed by atoms with Crippen molar-refractivity contribution in [3.05, 3.63) is 54.4 Å². The smallest absolute Gasteiger partial charge is 0.311 e. The van der Waals surface area contributed by atoms with Crippen LogP contribution in [0.3, 0.4) is 0 Å². The molecule has 2 aliphatic heterocycles. The summed E-state index contributed by atoms with van der Waals surface area (Å²) in [4.78, 5) is 30.6. The van der Waals surface area contributed by atoms with Crippen molar-refractivity contribution in [2.45, 2.75) is 26.2 Å². The first-order chi connectivity index (χ1) is 16.2. The molecule has 0 saturated carbocycles. The van der Waals surface area contributed by atoms with E-state index in [1.807, 2.05) is 43.3 Å². The third kappa shape index (κ3) is 4.52. The number of carbonyl (C=O) groups excluding carboxylic acids is 1. The van der Waals surface area contributed by atoms with Crippen molar-refractivity contribution in [3.63, 3.8) is 0 Å². The Balaban J connectivity index is 1.57. The second kappa shape index (κ2) is 9.54. The van der Waals surface area contributed by atoms with Crippen LogP contribution in [0.1, 0.15) is 25.3 Å². The Morgan fingerprint density at radius 2 is 1.91 bits per heavy atom. The number of morpholine rings is 1. The van der Waals surface area contributed by atoms with Crippen molar-refractivity contribution in [2.75, 3.05) is 42.6 Å². The van der Waals surface area contributed by atoms with Gasteiger partial charge in [-0.05, 0) is 37.1 Å². The standard InChI is InChI=1S/C25H27N5O3/c1-2-4-22(31)33-20-6-3-5-18(17-20)23-21-9-12-30(19-7-10-26-11-8-19)24(21)28-25(27-23)29-13-15-32-16-14-29/h3,5-8,10-11,17H,2,4,9,12-16H2,1H3. The molecule has 2 aromatic heterocycles. The highest BCUT2D eigenvalue weighted by molar-refractivity contribution is 5.78. The summed E-state index contributed by atoms with van der Waals surface area (Å²) in [5, 5.41) is 0. The van der Waals surface area contributed by atoms with Crippen LogP contribution in [0.5, 0.6) is 5.75 Å². The number of esters is 1. The van der Waals surface area contributed by atoms with Crippen molar-refractivity contribution in [3.8, 4) is 17.0 Å². The minimum Gasteiger partial charge on any atom is -0.427 e. The van der Waals surface area contributed by atoms with Gasteiger partial charge in [-0.25, -0.2) is 4.98 Å². The molecule has 0 atom stereocenters. The fourth-order valence-corrected chi connectivity index (χ4v) is 4.26. The van der Waals surface area contributed by atoms with Gasteiger partial charge in [0.25, 0.3) is 0 Å². The van der Waals surface area contributed by atoms with E-state index in [4.69, 9.17) is 19.4 Å². The third-order valence-corrected chi connectivity index (χ3v) is 5.88. The van der Waals surface area contributed by atoms with E-state index in [1.165, 1.54) is 0 Å². The van der Waals surface area contributed by atoms with Crippen LogP contribution in [0, 0.1) is 0 Å². The van der Waals surface area contributed by atoms with Crippen molar-refractivity contribution in [2.24, 2.45) is 0 Å². The predicted octanol–water partition coefficient (Wildman–Crippen LogP) is 3.77. The second-order valence-electron chi connectivity index (χ2n) is 8.13. The molecule has 1 saturated heterocycles. The summed E-state index contributed by atoms with van der Waals surface area (Å²) in [6.45, 7) is 5.60. The Bertz CT molecular complexity index is 1130. The van der Waals surface area contributed by atoms with Crippen molar-refractivity contribution >= 4 is 23.4 Å². The van der Waals surface area contributed by atoms with Crippen LogP contribution in [0.4, 0.5) is 17.5 Å². The quantitative estimate of drug-likeness (QED) is 0.419. The summed E-state index contributed by atoms with van der Waals surface area (Å²) >= 11 is 0. The molecule has 170 valence electrons. The molecular weight excluding hydrogens is 418 g/mol. The molecule has 0 unspecified atom stereocenters. The summed E-state index contributed by atoms with van der Waals surface area (Å²) < 4.78 is 11.1. The van der Waals surface area contributed by atoms with E-state index in [2.05, 4.69) is 14.8 Å². The fraction of sp³-hybridized carbons (Fsp3) is 0.360. The molecule has 33 heavy (non-hydrogen) atoms.